The summed E-state index contributed by atoms with van der Waals surface area (Å²) in [6.45, 7) is 2.53. The van der Waals surface area contributed by atoms with E-state index < -0.39 is 17.8 Å². The molecule has 0 aliphatic carbocycles. The van der Waals surface area contributed by atoms with Gasteiger partial charge in [-0.05, 0) is 61.5 Å². The number of furan rings is 1. The van der Waals surface area contributed by atoms with Crippen LogP contribution in [0, 0.1) is 5.82 Å². The van der Waals surface area contributed by atoms with E-state index in [1.807, 2.05) is 0 Å². The summed E-state index contributed by atoms with van der Waals surface area (Å²) in [6, 6.07) is 3.90. The molecular formula is C24H26FN3O5. The normalized spacial score (nSPS) is 21.9. The fraction of sp³-hybridized carbons (Fsp3) is 0.458. The van der Waals surface area contributed by atoms with Gasteiger partial charge in [-0.2, -0.15) is 0 Å². The lowest BCUT2D eigenvalue weighted by Crippen LogP contribution is -2.52. The first kappa shape index (κ1) is 21.6. The van der Waals surface area contributed by atoms with Crippen LogP contribution in [-0.4, -0.2) is 53.8 Å². The Balaban J connectivity index is 1.31. The van der Waals surface area contributed by atoms with Crippen molar-refractivity contribution in [2.24, 2.45) is 0 Å². The number of rotatable bonds is 5. The van der Waals surface area contributed by atoms with Crippen LogP contribution in [0.2, 0.25) is 0 Å². The van der Waals surface area contributed by atoms with Crippen molar-refractivity contribution >= 4 is 17.7 Å². The zero-order chi connectivity index (χ0) is 23.1. The summed E-state index contributed by atoms with van der Waals surface area (Å²) in [5.41, 5.74) is 1.98. The van der Waals surface area contributed by atoms with Crippen molar-refractivity contribution in [2.75, 3.05) is 20.2 Å². The SMILES string of the molecule is COc1ccoc1CN1CCC(c2cc(F)cc3c2CN(C2CCC(=O)NC2=O)C3=O)CC1. The van der Waals surface area contributed by atoms with Crippen molar-refractivity contribution in [1.29, 1.82) is 0 Å². The van der Waals surface area contributed by atoms with E-state index in [2.05, 4.69) is 10.2 Å². The Morgan fingerprint density at radius 1 is 1.18 bits per heavy atom. The predicted molar refractivity (Wildman–Crippen MR) is 115 cm³/mol. The molecule has 1 atom stereocenters. The first-order valence-electron chi connectivity index (χ1n) is 11.2. The van der Waals surface area contributed by atoms with E-state index in [0.717, 1.165) is 48.6 Å². The summed E-state index contributed by atoms with van der Waals surface area (Å²) in [5.74, 6) is 0.0636. The lowest BCUT2D eigenvalue weighted by Gasteiger charge is -2.33. The van der Waals surface area contributed by atoms with Gasteiger partial charge in [0.1, 0.15) is 11.9 Å². The Bertz CT molecular complexity index is 1110. The van der Waals surface area contributed by atoms with Gasteiger partial charge in [0, 0.05) is 24.6 Å². The molecule has 3 aliphatic heterocycles. The number of hydrogen-bond donors (Lipinski definition) is 1. The number of carbonyl (C=O) groups excluding carboxylic acids is 3. The first-order chi connectivity index (χ1) is 15.9. The minimum Gasteiger partial charge on any atom is -0.493 e. The molecule has 2 saturated heterocycles. The number of likely N-dealkylation sites (tertiary alicyclic amines) is 1. The quantitative estimate of drug-likeness (QED) is 0.697. The monoisotopic (exact) mass is 455 g/mol. The van der Waals surface area contributed by atoms with Crippen LogP contribution in [0.3, 0.4) is 0 Å². The second-order valence-electron chi connectivity index (χ2n) is 8.88. The topological polar surface area (TPSA) is 92.1 Å². The molecule has 0 saturated carbocycles. The van der Waals surface area contributed by atoms with Gasteiger partial charge in [-0.3, -0.25) is 24.6 Å². The number of imide groups is 1. The van der Waals surface area contributed by atoms with Gasteiger partial charge >= 0.3 is 0 Å². The number of fused-ring (bicyclic) bond motifs is 1. The van der Waals surface area contributed by atoms with E-state index in [0.29, 0.717) is 12.1 Å². The minimum absolute atomic E-state index is 0.124. The average molecular weight is 455 g/mol. The van der Waals surface area contributed by atoms with Gasteiger partial charge in [0.15, 0.2) is 11.5 Å². The number of benzene rings is 1. The fourth-order valence-corrected chi connectivity index (χ4v) is 5.25. The smallest absolute Gasteiger partial charge is 0.255 e. The van der Waals surface area contributed by atoms with Crippen LogP contribution in [0.1, 0.15) is 58.8 Å². The van der Waals surface area contributed by atoms with Crippen LogP contribution in [0.15, 0.2) is 28.9 Å². The average Bonchev–Trinajstić information content (AvgIpc) is 3.38. The molecule has 33 heavy (non-hydrogen) atoms. The fourth-order valence-electron chi connectivity index (χ4n) is 5.25. The van der Waals surface area contributed by atoms with E-state index in [9.17, 15) is 18.8 Å². The summed E-state index contributed by atoms with van der Waals surface area (Å²) < 4.78 is 25.4. The summed E-state index contributed by atoms with van der Waals surface area (Å²) in [5, 5.41) is 2.31. The molecule has 5 rings (SSSR count). The molecule has 1 aromatic heterocycles. The third kappa shape index (κ3) is 4.01. The van der Waals surface area contributed by atoms with Gasteiger partial charge in [0.05, 0.1) is 19.9 Å². The molecular weight excluding hydrogens is 429 g/mol. The van der Waals surface area contributed by atoms with Gasteiger partial charge in [-0.1, -0.05) is 0 Å². The second kappa shape index (κ2) is 8.62. The molecule has 8 nitrogen and oxygen atoms in total. The zero-order valence-corrected chi connectivity index (χ0v) is 18.4. The lowest BCUT2D eigenvalue weighted by atomic mass is 9.85. The number of ether oxygens (including phenoxy) is 1. The predicted octanol–water partition coefficient (Wildman–Crippen LogP) is 2.57. The van der Waals surface area contributed by atoms with Crippen molar-refractivity contribution in [3.8, 4) is 5.75 Å². The highest BCUT2D eigenvalue weighted by atomic mass is 19.1. The number of nitrogens with zero attached hydrogens (tertiary/aromatic N) is 2. The maximum Gasteiger partial charge on any atom is 0.255 e. The Labute approximate surface area is 190 Å². The molecule has 9 heteroatoms. The minimum atomic E-state index is -0.705. The highest BCUT2D eigenvalue weighted by Crippen LogP contribution is 2.38. The molecule has 174 valence electrons. The van der Waals surface area contributed by atoms with Crippen molar-refractivity contribution in [3.63, 3.8) is 0 Å². The van der Waals surface area contributed by atoms with Gasteiger partial charge in [-0.15, -0.1) is 0 Å². The Morgan fingerprint density at radius 2 is 1.97 bits per heavy atom. The summed E-state index contributed by atoms with van der Waals surface area (Å²) in [7, 11) is 1.62. The van der Waals surface area contributed by atoms with Crippen LogP contribution in [-0.2, 0) is 22.7 Å². The maximum atomic E-state index is 14.5. The number of methoxy groups -OCH3 is 1. The highest BCUT2D eigenvalue weighted by Gasteiger charge is 2.41. The molecule has 4 heterocycles. The van der Waals surface area contributed by atoms with Gasteiger partial charge in [0.25, 0.3) is 5.91 Å². The molecule has 0 bridgehead atoms. The first-order valence-corrected chi connectivity index (χ1v) is 11.2. The number of amides is 3. The Hall–Kier alpha value is -3.20. The van der Waals surface area contributed by atoms with E-state index >= 15 is 0 Å². The van der Waals surface area contributed by atoms with Crippen LogP contribution in [0.4, 0.5) is 4.39 Å². The molecule has 0 radical (unpaired) electrons. The van der Waals surface area contributed by atoms with Gasteiger partial charge in [-0.25, -0.2) is 4.39 Å². The van der Waals surface area contributed by atoms with Crippen LogP contribution >= 0.6 is 0 Å². The standard InChI is InChI=1S/C24H26FN3O5/c1-32-20-6-9-33-21(20)13-27-7-4-14(5-8-27)16-10-15(25)11-17-18(16)12-28(24(17)31)19-2-3-22(29)26-23(19)30/h6,9-11,14,19H,2-5,7-8,12-13H2,1H3,(H,26,29,30). The third-order valence-corrected chi connectivity index (χ3v) is 6.97. The molecule has 2 fully saturated rings. The number of halogens is 1. The number of nitrogens with one attached hydrogen (secondary N) is 1. The number of hydrogen-bond acceptors (Lipinski definition) is 6. The van der Waals surface area contributed by atoms with Gasteiger partial charge in [0.2, 0.25) is 11.8 Å². The van der Waals surface area contributed by atoms with Crippen LogP contribution < -0.4 is 10.1 Å². The summed E-state index contributed by atoms with van der Waals surface area (Å²) in [6.07, 6.45) is 3.74. The molecule has 3 amide bonds. The van der Waals surface area contributed by atoms with Crippen LogP contribution in [0.25, 0.3) is 0 Å². The maximum absolute atomic E-state index is 14.5. The lowest BCUT2D eigenvalue weighted by molar-refractivity contribution is -0.136. The highest BCUT2D eigenvalue weighted by molar-refractivity contribution is 6.05. The van der Waals surface area contributed by atoms with Crippen LogP contribution in [0.5, 0.6) is 5.75 Å². The Morgan fingerprint density at radius 3 is 2.70 bits per heavy atom. The van der Waals surface area contributed by atoms with Crippen molar-refractivity contribution < 1.29 is 27.9 Å². The molecule has 0 spiro atoms. The largest absolute Gasteiger partial charge is 0.493 e. The number of piperidine rings is 2. The number of carbonyl (C=O) groups is 3. The molecule has 1 unspecified atom stereocenters. The summed E-state index contributed by atoms with van der Waals surface area (Å²) >= 11 is 0. The van der Waals surface area contributed by atoms with E-state index in [1.165, 1.54) is 17.0 Å². The third-order valence-electron chi connectivity index (χ3n) is 6.97. The zero-order valence-electron chi connectivity index (χ0n) is 18.4. The molecule has 3 aliphatic rings. The van der Waals surface area contributed by atoms with E-state index in [-0.39, 0.29) is 37.1 Å². The van der Waals surface area contributed by atoms with Gasteiger partial charge < -0.3 is 14.1 Å². The van der Waals surface area contributed by atoms with Crippen molar-refractivity contribution in [2.45, 2.75) is 50.7 Å². The van der Waals surface area contributed by atoms with Crippen molar-refractivity contribution in [3.05, 3.63) is 52.7 Å². The van der Waals surface area contributed by atoms with E-state index in [4.69, 9.17) is 9.15 Å². The molecule has 1 N–H and O–H groups in total. The second-order valence-corrected chi connectivity index (χ2v) is 8.88. The van der Waals surface area contributed by atoms with Crippen molar-refractivity contribution in [1.82, 2.24) is 15.1 Å². The Kier molecular flexibility index (Phi) is 5.65. The molecule has 1 aromatic carbocycles. The summed E-state index contributed by atoms with van der Waals surface area (Å²) in [4.78, 5) is 40.7. The van der Waals surface area contributed by atoms with E-state index in [1.54, 1.807) is 19.4 Å². The molecule has 2 aromatic rings.